The molecule has 8 nitrogen and oxygen atoms in total. The Morgan fingerprint density at radius 3 is 2.47 bits per heavy atom. The number of amides is 2. The molecule has 0 aliphatic heterocycles. The molecule has 2 fully saturated rings. The number of rotatable bonds is 10. The van der Waals surface area contributed by atoms with Crippen LogP contribution in [0.15, 0.2) is 54.0 Å². The fraction of sp³-hybridized carbons (Fsp3) is 0.370. The van der Waals surface area contributed by atoms with E-state index in [4.69, 9.17) is 9.47 Å². The Bertz CT molecular complexity index is 1220. The van der Waals surface area contributed by atoms with Crippen molar-refractivity contribution in [1.82, 2.24) is 4.98 Å². The molecule has 2 saturated carbocycles. The van der Waals surface area contributed by atoms with Crippen LogP contribution >= 0.6 is 11.3 Å². The van der Waals surface area contributed by atoms with Gasteiger partial charge in [0, 0.05) is 42.4 Å². The first-order valence-electron chi connectivity index (χ1n) is 12.1. The first-order chi connectivity index (χ1) is 17.4. The molecule has 36 heavy (non-hydrogen) atoms. The molecule has 2 amide bonds. The Morgan fingerprint density at radius 1 is 1.14 bits per heavy atom. The van der Waals surface area contributed by atoms with E-state index < -0.39 is 5.60 Å². The number of carbonyl (C=O) groups excluding carboxylic acids is 2. The summed E-state index contributed by atoms with van der Waals surface area (Å²) in [6.45, 7) is 2.23. The van der Waals surface area contributed by atoms with Crippen molar-refractivity contribution in [2.24, 2.45) is 5.92 Å². The maximum absolute atomic E-state index is 12.9. The number of hydrogen-bond acceptors (Lipinski definition) is 7. The fourth-order valence-corrected chi connectivity index (χ4v) is 4.72. The fourth-order valence-electron chi connectivity index (χ4n) is 4.19. The predicted molar refractivity (Wildman–Crippen MR) is 138 cm³/mol. The molecule has 9 heteroatoms. The van der Waals surface area contributed by atoms with Gasteiger partial charge in [0.25, 0.3) is 5.91 Å². The van der Waals surface area contributed by atoms with Gasteiger partial charge in [0.1, 0.15) is 22.8 Å². The molecule has 5 rings (SSSR count). The lowest BCUT2D eigenvalue weighted by Crippen LogP contribution is -2.46. The number of thiazole rings is 1. The van der Waals surface area contributed by atoms with Crippen LogP contribution in [-0.4, -0.2) is 40.7 Å². The summed E-state index contributed by atoms with van der Waals surface area (Å²) in [5.41, 5.74) is 0.562. The van der Waals surface area contributed by atoms with E-state index in [0.29, 0.717) is 33.9 Å². The van der Waals surface area contributed by atoms with Gasteiger partial charge < -0.3 is 19.5 Å². The number of aromatic nitrogens is 1. The number of aliphatic hydroxyl groups excluding tert-OH is 1. The molecule has 0 bridgehead atoms. The number of anilines is 2. The topological polar surface area (TPSA) is 101 Å². The molecule has 1 heterocycles. The largest absolute Gasteiger partial charge is 0.485 e. The maximum Gasteiger partial charge on any atom is 0.257 e. The van der Waals surface area contributed by atoms with Gasteiger partial charge in [-0.15, -0.1) is 11.3 Å². The molecular formula is C27H29N3O5S. The van der Waals surface area contributed by atoms with Crippen LogP contribution in [0.1, 0.15) is 49.4 Å². The second kappa shape index (κ2) is 10.3. The normalized spacial score (nSPS) is 16.1. The van der Waals surface area contributed by atoms with E-state index in [1.54, 1.807) is 41.6 Å². The number of ether oxygens (including phenoxy) is 2. The van der Waals surface area contributed by atoms with Crippen molar-refractivity contribution in [3.05, 3.63) is 59.6 Å². The molecule has 0 radical (unpaired) electrons. The Balaban J connectivity index is 1.37. The van der Waals surface area contributed by atoms with E-state index in [1.807, 2.05) is 24.3 Å². The second-order valence-electron chi connectivity index (χ2n) is 9.45. The highest BCUT2D eigenvalue weighted by Gasteiger charge is 2.39. The van der Waals surface area contributed by atoms with E-state index >= 15 is 0 Å². The average Bonchev–Trinajstić information content (AvgIpc) is 3.53. The molecule has 0 unspecified atom stereocenters. The third kappa shape index (κ3) is 5.68. The lowest BCUT2D eigenvalue weighted by molar-refractivity contribution is -0.116. The van der Waals surface area contributed by atoms with Gasteiger partial charge in [-0.25, -0.2) is 4.98 Å². The summed E-state index contributed by atoms with van der Waals surface area (Å²) in [6.07, 6.45) is 6.45. The number of carbonyl (C=O) groups is 2. The monoisotopic (exact) mass is 507 g/mol. The lowest BCUT2D eigenvalue weighted by atomic mass is 9.80. The van der Waals surface area contributed by atoms with Crippen LogP contribution in [0.3, 0.4) is 0 Å². The van der Waals surface area contributed by atoms with Gasteiger partial charge in [-0.1, -0.05) is 0 Å². The molecule has 0 spiro atoms. The van der Waals surface area contributed by atoms with Gasteiger partial charge in [-0.05, 0) is 74.4 Å². The van der Waals surface area contributed by atoms with Crippen LogP contribution in [-0.2, 0) is 4.79 Å². The Morgan fingerprint density at radius 2 is 1.89 bits per heavy atom. The minimum Gasteiger partial charge on any atom is -0.485 e. The Kier molecular flexibility index (Phi) is 6.93. The summed E-state index contributed by atoms with van der Waals surface area (Å²) in [7, 11) is 0. The molecule has 2 aliphatic carbocycles. The number of hydrogen-bond donors (Lipinski definition) is 2. The van der Waals surface area contributed by atoms with Gasteiger partial charge in [0.05, 0.1) is 6.61 Å². The van der Waals surface area contributed by atoms with Gasteiger partial charge >= 0.3 is 0 Å². The zero-order valence-corrected chi connectivity index (χ0v) is 20.9. The molecule has 0 saturated heterocycles. The van der Waals surface area contributed by atoms with Crippen molar-refractivity contribution in [2.45, 2.75) is 44.6 Å². The maximum atomic E-state index is 12.9. The van der Waals surface area contributed by atoms with Crippen LogP contribution in [0.4, 0.5) is 10.8 Å². The first-order valence-corrected chi connectivity index (χ1v) is 13.0. The predicted octanol–water partition coefficient (Wildman–Crippen LogP) is 5.24. The highest BCUT2D eigenvalue weighted by atomic mass is 32.1. The van der Waals surface area contributed by atoms with Crippen molar-refractivity contribution in [3.63, 3.8) is 0 Å². The molecule has 0 atom stereocenters. The highest BCUT2D eigenvalue weighted by molar-refractivity contribution is 7.13. The molecule has 1 aromatic heterocycles. The van der Waals surface area contributed by atoms with Crippen molar-refractivity contribution in [2.75, 3.05) is 23.4 Å². The number of aliphatic hydroxyl groups is 1. The van der Waals surface area contributed by atoms with Crippen LogP contribution in [0.5, 0.6) is 17.2 Å². The van der Waals surface area contributed by atoms with Gasteiger partial charge in [-0.3, -0.25) is 14.9 Å². The number of benzene rings is 2. The van der Waals surface area contributed by atoms with Crippen LogP contribution in [0.2, 0.25) is 0 Å². The molecule has 2 N–H and O–H groups in total. The van der Waals surface area contributed by atoms with Gasteiger partial charge in [-0.2, -0.15) is 0 Å². The quantitative estimate of drug-likeness (QED) is 0.389. The summed E-state index contributed by atoms with van der Waals surface area (Å²) in [5, 5.41) is 14.9. The standard InChI is InChI=1S/C27H29N3O5S/c1-18(32)30(16-19-3-4-19)21-5-7-22(8-6-21)34-23-13-20(25(33)29-26-28-11-12-36-26)14-24(15-23)35-27(17-31)9-2-10-27/h5-8,11-15,19,31H,2-4,9-10,16-17H2,1H3,(H,28,29,33). The Hall–Kier alpha value is -3.43. The first kappa shape index (κ1) is 24.3. The summed E-state index contributed by atoms with van der Waals surface area (Å²) in [6, 6.07) is 12.4. The summed E-state index contributed by atoms with van der Waals surface area (Å²) >= 11 is 1.33. The summed E-state index contributed by atoms with van der Waals surface area (Å²) in [4.78, 5) is 31.0. The van der Waals surface area contributed by atoms with E-state index in [1.165, 1.54) is 24.2 Å². The van der Waals surface area contributed by atoms with E-state index in [9.17, 15) is 14.7 Å². The summed E-state index contributed by atoms with van der Waals surface area (Å²) in [5.74, 6) is 1.72. The molecule has 3 aromatic rings. The van der Waals surface area contributed by atoms with E-state index in [2.05, 4.69) is 10.3 Å². The van der Waals surface area contributed by atoms with Crippen molar-refractivity contribution >= 4 is 34.0 Å². The zero-order valence-electron chi connectivity index (χ0n) is 20.1. The number of nitrogens with one attached hydrogen (secondary N) is 1. The smallest absolute Gasteiger partial charge is 0.257 e. The van der Waals surface area contributed by atoms with Crippen LogP contribution in [0.25, 0.3) is 0 Å². The van der Waals surface area contributed by atoms with Crippen LogP contribution < -0.4 is 19.7 Å². The third-order valence-electron chi connectivity index (χ3n) is 6.58. The van der Waals surface area contributed by atoms with Crippen LogP contribution in [0, 0.1) is 5.92 Å². The second-order valence-corrected chi connectivity index (χ2v) is 10.3. The minimum absolute atomic E-state index is 0.0186. The average molecular weight is 508 g/mol. The molecular weight excluding hydrogens is 478 g/mol. The van der Waals surface area contributed by atoms with Crippen molar-refractivity contribution < 1.29 is 24.2 Å². The minimum atomic E-state index is -0.624. The summed E-state index contributed by atoms with van der Waals surface area (Å²) < 4.78 is 12.2. The highest BCUT2D eigenvalue weighted by Crippen LogP contribution is 2.38. The van der Waals surface area contributed by atoms with Crippen molar-refractivity contribution in [1.29, 1.82) is 0 Å². The van der Waals surface area contributed by atoms with Gasteiger partial charge in [0.15, 0.2) is 5.13 Å². The molecule has 188 valence electrons. The van der Waals surface area contributed by atoms with E-state index in [-0.39, 0.29) is 18.4 Å². The van der Waals surface area contributed by atoms with Gasteiger partial charge in [0.2, 0.25) is 5.91 Å². The SMILES string of the molecule is CC(=O)N(CC1CC1)c1ccc(Oc2cc(OC3(CO)CCC3)cc(C(=O)Nc3nccs3)c2)cc1. The van der Waals surface area contributed by atoms with E-state index in [0.717, 1.165) is 31.5 Å². The molecule has 2 aliphatic rings. The number of nitrogens with zero attached hydrogens (tertiary/aromatic N) is 2. The molecule has 2 aromatic carbocycles. The lowest BCUT2D eigenvalue weighted by Gasteiger charge is -2.40. The zero-order chi connectivity index (χ0) is 25.1. The third-order valence-corrected chi connectivity index (χ3v) is 7.27. The Labute approximate surface area is 213 Å². The van der Waals surface area contributed by atoms with Crippen molar-refractivity contribution in [3.8, 4) is 17.2 Å².